The monoisotopic (exact) mass is 313 g/mol. The van der Waals surface area contributed by atoms with Crippen LogP contribution in [0.15, 0.2) is 22.7 Å². The summed E-state index contributed by atoms with van der Waals surface area (Å²) in [6, 6.07) is 4.64. The van der Waals surface area contributed by atoms with Crippen molar-refractivity contribution in [2.75, 3.05) is 5.32 Å². The molecule has 88 valence electrons. The molecule has 0 atom stereocenters. The van der Waals surface area contributed by atoms with Crippen molar-refractivity contribution < 1.29 is 9.90 Å². The van der Waals surface area contributed by atoms with Gasteiger partial charge >= 0.3 is 0 Å². The summed E-state index contributed by atoms with van der Waals surface area (Å²) < 4.78 is 4.66. The molecule has 0 aliphatic rings. The Labute approximate surface area is 110 Å². The topological polar surface area (TPSA) is 75.1 Å². The summed E-state index contributed by atoms with van der Waals surface area (Å²) in [7, 11) is 0. The molecule has 1 heterocycles. The van der Waals surface area contributed by atoms with Crippen LogP contribution in [0.5, 0.6) is 5.75 Å². The number of hydrogen-bond acceptors (Lipinski definition) is 5. The van der Waals surface area contributed by atoms with Gasteiger partial charge in [-0.1, -0.05) is 15.9 Å². The Morgan fingerprint density at radius 1 is 1.53 bits per heavy atom. The van der Waals surface area contributed by atoms with E-state index in [9.17, 15) is 9.90 Å². The summed E-state index contributed by atoms with van der Waals surface area (Å²) in [5, 5.41) is 12.6. The van der Waals surface area contributed by atoms with Crippen LogP contribution >= 0.6 is 27.5 Å². The Morgan fingerprint density at radius 3 is 2.94 bits per heavy atom. The number of aryl methyl sites for hydroxylation is 1. The first-order valence-corrected chi connectivity index (χ1v) is 6.23. The van der Waals surface area contributed by atoms with Gasteiger partial charge in [-0.25, -0.2) is 4.98 Å². The van der Waals surface area contributed by atoms with E-state index >= 15 is 0 Å². The number of halogens is 1. The van der Waals surface area contributed by atoms with Crippen LogP contribution in [0.25, 0.3) is 0 Å². The molecule has 17 heavy (non-hydrogen) atoms. The van der Waals surface area contributed by atoms with Crippen LogP contribution in [0.3, 0.4) is 0 Å². The summed E-state index contributed by atoms with van der Waals surface area (Å²) in [5.41, 5.74) is 0.187. The third-order valence-corrected chi connectivity index (χ3v) is 3.17. The van der Waals surface area contributed by atoms with E-state index in [0.29, 0.717) is 15.4 Å². The van der Waals surface area contributed by atoms with Gasteiger partial charge in [0, 0.05) is 16.0 Å². The molecule has 0 saturated carbocycles. The number of amides is 1. The van der Waals surface area contributed by atoms with Crippen molar-refractivity contribution in [3.8, 4) is 5.75 Å². The Balaban J connectivity index is 2.22. The first-order valence-electron chi connectivity index (χ1n) is 4.66. The summed E-state index contributed by atoms with van der Waals surface area (Å²) in [4.78, 5) is 15.9. The van der Waals surface area contributed by atoms with Gasteiger partial charge in [0.05, 0.1) is 5.56 Å². The zero-order valence-corrected chi connectivity index (χ0v) is 11.2. The molecule has 0 unspecified atom stereocenters. The average Bonchev–Trinajstić information content (AvgIpc) is 2.67. The first-order chi connectivity index (χ1) is 8.06. The molecular formula is C10H8BrN3O2S. The van der Waals surface area contributed by atoms with Crippen LogP contribution in [0.1, 0.15) is 16.2 Å². The number of nitrogens with one attached hydrogen (secondary N) is 1. The fourth-order valence-corrected chi connectivity index (χ4v) is 2.13. The van der Waals surface area contributed by atoms with Gasteiger partial charge in [-0.15, -0.1) is 0 Å². The minimum Gasteiger partial charge on any atom is -0.507 e. The lowest BCUT2D eigenvalue weighted by Crippen LogP contribution is -2.11. The molecule has 2 rings (SSSR count). The van der Waals surface area contributed by atoms with Crippen molar-refractivity contribution in [2.45, 2.75) is 6.92 Å². The number of rotatable bonds is 2. The molecule has 2 aromatic rings. The largest absolute Gasteiger partial charge is 0.507 e. The van der Waals surface area contributed by atoms with Crippen molar-refractivity contribution in [3.05, 3.63) is 34.1 Å². The van der Waals surface area contributed by atoms with Gasteiger partial charge in [0.15, 0.2) is 0 Å². The second-order valence-electron chi connectivity index (χ2n) is 3.26. The molecule has 7 heteroatoms. The van der Waals surface area contributed by atoms with E-state index in [-0.39, 0.29) is 11.3 Å². The van der Waals surface area contributed by atoms with E-state index in [1.54, 1.807) is 19.1 Å². The van der Waals surface area contributed by atoms with Crippen molar-refractivity contribution >= 4 is 38.5 Å². The molecule has 0 aliphatic carbocycles. The van der Waals surface area contributed by atoms with Gasteiger partial charge in [-0.2, -0.15) is 4.37 Å². The number of aromatic nitrogens is 2. The van der Waals surface area contributed by atoms with Crippen LogP contribution in [0, 0.1) is 6.92 Å². The predicted octanol–water partition coefficient (Wildman–Crippen LogP) is 2.57. The van der Waals surface area contributed by atoms with Crippen LogP contribution in [0.2, 0.25) is 0 Å². The molecule has 1 aromatic carbocycles. The fourth-order valence-electron chi connectivity index (χ4n) is 1.20. The number of aromatic hydroxyl groups is 1. The molecule has 1 aromatic heterocycles. The Morgan fingerprint density at radius 2 is 2.29 bits per heavy atom. The quantitative estimate of drug-likeness (QED) is 0.893. The molecule has 2 N–H and O–H groups in total. The molecule has 0 spiro atoms. The van der Waals surface area contributed by atoms with Gasteiger partial charge in [0.2, 0.25) is 5.13 Å². The number of hydrogen-bond donors (Lipinski definition) is 2. The van der Waals surface area contributed by atoms with E-state index < -0.39 is 5.91 Å². The van der Waals surface area contributed by atoms with Crippen LogP contribution in [-0.4, -0.2) is 20.4 Å². The second kappa shape index (κ2) is 4.80. The third kappa shape index (κ3) is 2.80. The molecular weight excluding hydrogens is 306 g/mol. The Kier molecular flexibility index (Phi) is 3.39. The normalized spacial score (nSPS) is 10.2. The first kappa shape index (κ1) is 12.0. The summed E-state index contributed by atoms with van der Waals surface area (Å²) in [5.74, 6) is 0.107. The van der Waals surface area contributed by atoms with Crippen LogP contribution < -0.4 is 5.32 Å². The lowest BCUT2D eigenvalue weighted by molar-refractivity contribution is 0.102. The molecule has 0 saturated heterocycles. The number of phenolic OH excluding ortho intramolecular Hbond substituents is 1. The molecule has 0 radical (unpaired) electrons. The number of benzene rings is 1. The maximum Gasteiger partial charge on any atom is 0.261 e. The van der Waals surface area contributed by atoms with Crippen molar-refractivity contribution in [1.29, 1.82) is 0 Å². The lowest BCUT2D eigenvalue weighted by Gasteiger charge is -2.04. The van der Waals surface area contributed by atoms with Crippen molar-refractivity contribution in [2.24, 2.45) is 0 Å². The second-order valence-corrected chi connectivity index (χ2v) is 4.93. The van der Waals surface area contributed by atoms with Gasteiger partial charge < -0.3 is 5.11 Å². The van der Waals surface area contributed by atoms with E-state index in [0.717, 1.165) is 11.5 Å². The number of nitrogens with zero attached hydrogens (tertiary/aromatic N) is 2. The van der Waals surface area contributed by atoms with E-state index in [2.05, 4.69) is 30.6 Å². The fraction of sp³-hybridized carbons (Fsp3) is 0.100. The molecule has 0 aliphatic heterocycles. The van der Waals surface area contributed by atoms with Gasteiger partial charge in [-0.3, -0.25) is 10.1 Å². The zero-order chi connectivity index (χ0) is 12.4. The van der Waals surface area contributed by atoms with Gasteiger partial charge in [0.1, 0.15) is 11.6 Å². The summed E-state index contributed by atoms with van der Waals surface area (Å²) in [6.45, 7) is 1.74. The number of carbonyl (C=O) groups excluding carboxylic acids is 1. The van der Waals surface area contributed by atoms with Gasteiger partial charge in [-0.05, 0) is 25.1 Å². The number of anilines is 1. The highest BCUT2D eigenvalue weighted by atomic mass is 79.9. The highest BCUT2D eigenvalue weighted by Gasteiger charge is 2.13. The summed E-state index contributed by atoms with van der Waals surface area (Å²) >= 11 is 4.33. The highest BCUT2D eigenvalue weighted by molar-refractivity contribution is 9.10. The minimum absolute atomic E-state index is 0.0769. The Bertz CT molecular complexity index is 570. The highest BCUT2D eigenvalue weighted by Crippen LogP contribution is 2.23. The standard InChI is InChI=1S/C10H8BrN3O2S/c1-5-12-10(17-14-5)13-9(16)7-4-6(11)2-3-8(7)15/h2-4,15H,1H3,(H,12,13,14,16). The lowest BCUT2D eigenvalue weighted by atomic mass is 10.2. The van der Waals surface area contributed by atoms with Gasteiger partial charge in [0.25, 0.3) is 5.91 Å². The number of phenols is 1. The third-order valence-electron chi connectivity index (χ3n) is 1.95. The van der Waals surface area contributed by atoms with Crippen molar-refractivity contribution in [1.82, 2.24) is 9.36 Å². The minimum atomic E-state index is -0.417. The number of carbonyl (C=O) groups is 1. The zero-order valence-electron chi connectivity index (χ0n) is 8.77. The van der Waals surface area contributed by atoms with E-state index in [1.165, 1.54) is 6.07 Å². The maximum absolute atomic E-state index is 11.8. The molecule has 1 amide bonds. The van der Waals surface area contributed by atoms with E-state index in [4.69, 9.17) is 0 Å². The average molecular weight is 314 g/mol. The SMILES string of the molecule is Cc1nsc(NC(=O)c2cc(Br)ccc2O)n1. The summed E-state index contributed by atoms with van der Waals surface area (Å²) in [6.07, 6.45) is 0. The van der Waals surface area contributed by atoms with Crippen LogP contribution in [-0.2, 0) is 0 Å². The predicted molar refractivity (Wildman–Crippen MR) is 68.4 cm³/mol. The van der Waals surface area contributed by atoms with Crippen LogP contribution in [0.4, 0.5) is 5.13 Å². The Hall–Kier alpha value is -1.47. The molecule has 5 nitrogen and oxygen atoms in total. The molecule has 0 fully saturated rings. The van der Waals surface area contributed by atoms with E-state index in [1.807, 2.05) is 0 Å². The maximum atomic E-state index is 11.8. The van der Waals surface area contributed by atoms with Crippen molar-refractivity contribution in [3.63, 3.8) is 0 Å². The molecule has 0 bridgehead atoms. The smallest absolute Gasteiger partial charge is 0.261 e.